The molecule has 0 bridgehead atoms. The number of amides is 1. The lowest BCUT2D eigenvalue weighted by Gasteiger charge is -2.15. The Hall–Kier alpha value is -4.40. The average Bonchev–Trinajstić information content (AvgIpc) is 3.53. The van der Waals surface area contributed by atoms with Crippen LogP contribution in [0, 0.1) is 5.82 Å². The molecule has 0 N–H and O–H groups in total. The molecule has 0 aliphatic heterocycles. The Morgan fingerprint density at radius 3 is 2.62 bits per heavy atom. The summed E-state index contributed by atoms with van der Waals surface area (Å²) in [6, 6.07) is 16.2. The molecule has 9 heteroatoms. The molecule has 1 amide bonds. The van der Waals surface area contributed by atoms with Crippen molar-refractivity contribution in [1.82, 2.24) is 14.7 Å². The quantitative estimate of drug-likeness (QED) is 0.366. The predicted molar refractivity (Wildman–Crippen MR) is 121 cm³/mol. The molecule has 2 aromatic carbocycles. The second-order valence-corrected chi connectivity index (χ2v) is 7.45. The van der Waals surface area contributed by atoms with E-state index in [0.717, 1.165) is 0 Å². The number of aromatic nitrogens is 2. The molecule has 0 aliphatic rings. The van der Waals surface area contributed by atoms with Gasteiger partial charge in [-0.3, -0.25) is 4.79 Å². The van der Waals surface area contributed by atoms with Gasteiger partial charge in [-0.2, -0.15) is 5.10 Å². The standard InChI is InChI=1S/C25H22FN3O5/c1-28(14-21-7-4-12-33-21)23(30)16-34-25(31)22-15-29(19-10-8-18(26)9-11-19)27-24(22)17-5-3-6-20(13-17)32-2/h3-13,15H,14,16H2,1-2H3. The highest BCUT2D eigenvalue weighted by atomic mass is 19.1. The first kappa shape index (κ1) is 22.8. The van der Waals surface area contributed by atoms with Crippen LogP contribution in [0.4, 0.5) is 4.39 Å². The van der Waals surface area contributed by atoms with Crippen LogP contribution in [-0.4, -0.2) is 47.3 Å². The molecular weight excluding hydrogens is 441 g/mol. The monoisotopic (exact) mass is 463 g/mol. The first-order valence-electron chi connectivity index (χ1n) is 10.4. The van der Waals surface area contributed by atoms with Crippen molar-refractivity contribution in [3.05, 3.63) is 90.3 Å². The zero-order valence-electron chi connectivity index (χ0n) is 18.6. The van der Waals surface area contributed by atoms with E-state index in [-0.39, 0.29) is 17.9 Å². The van der Waals surface area contributed by atoms with Gasteiger partial charge >= 0.3 is 5.97 Å². The Balaban J connectivity index is 1.57. The highest BCUT2D eigenvalue weighted by Gasteiger charge is 2.22. The second kappa shape index (κ2) is 10.0. The van der Waals surface area contributed by atoms with Crippen LogP contribution in [-0.2, 0) is 16.1 Å². The van der Waals surface area contributed by atoms with Crippen LogP contribution < -0.4 is 4.74 Å². The minimum Gasteiger partial charge on any atom is -0.497 e. The van der Waals surface area contributed by atoms with E-state index in [9.17, 15) is 14.0 Å². The van der Waals surface area contributed by atoms with Crippen molar-refractivity contribution < 1.29 is 27.9 Å². The summed E-state index contributed by atoms with van der Waals surface area (Å²) in [6.07, 6.45) is 3.01. The van der Waals surface area contributed by atoms with Gasteiger partial charge in [0.15, 0.2) is 6.61 Å². The third-order valence-electron chi connectivity index (χ3n) is 5.09. The van der Waals surface area contributed by atoms with Crippen LogP contribution >= 0.6 is 0 Å². The Bertz CT molecular complexity index is 1280. The highest BCUT2D eigenvalue weighted by Crippen LogP contribution is 2.27. The van der Waals surface area contributed by atoms with Gasteiger partial charge in [-0.25, -0.2) is 13.9 Å². The summed E-state index contributed by atoms with van der Waals surface area (Å²) < 4.78 is 30.6. The molecule has 8 nitrogen and oxygen atoms in total. The number of carbonyl (C=O) groups is 2. The zero-order valence-corrected chi connectivity index (χ0v) is 18.6. The van der Waals surface area contributed by atoms with E-state index < -0.39 is 18.5 Å². The van der Waals surface area contributed by atoms with Gasteiger partial charge in [0, 0.05) is 18.8 Å². The van der Waals surface area contributed by atoms with Crippen molar-refractivity contribution in [2.24, 2.45) is 0 Å². The van der Waals surface area contributed by atoms with E-state index in [1.165, 1.54) is 41.3 Å². The van der Waals surface area contributed by atoms with E-state index in [4.69, 9.17) is 13.9 Å². The molecule has 174 valence electrons. The summed E-state index contributed by atoms with van der Waals surface area (Å²) in [5.41, 5.74) is 1.66. The average molecular weight is 463 g/mol. The van der Waals surface area contributed by atoms with Gasteiger partial charge in [0.2, 0.25) is 0 Å². The lowest BCUT2D eigenvalue weighted by molar-refractivity contribution is -0.133. The molecule has 2 aromatic heterocycles. The molecule has 0 unspecified atom stereocenters. The summed E-state index contributed by atoms with van der Waals surface area (Å²) in [6.45, 7) is -0.198. The van der Waals surface area contributed by atoms with Crippen molar-refractivity contribution in [2.45, 2.75) is 6.54 Å². The number of halogens is 1. The fraction of sp³-hybridized carbons (Fsp3) is 0.160. The van der Waals surface area contributed by atoms with Crippen molar-refractivity contribution in [2.75, 3.05) is 20.8 Å². The number of hydrogen-bond acceptors (Lipinski definition) is 6. The zero-order chi connectivity index (χ0) is 24.1. The topological polar surface area (TPSA) is 86.8 Å². The summed E-state index contributed by atoms with van der Waals surface area (Å²) in [7, 11) is 3.13. The molecular formula is C25H22FN3O5. The number of rotatable bonds is 8. The molecule has 0 spiro atoms. The first-order valence-corrected chi connectivity index (χ1v) is 10.4. The Morgan fingerprint density at radius 2 is 1.91 bits per heavy atom. The summed E-state index contributed by atoms with van der Waals surface area (Å²) in [5, 5.41) is 4.52. The molecule has 34 heavy (non-hydrogen) atoms. The summed E-state index contributed by atoms with van der Waals surface area (Å²) in [4.78, 5) is 26.8. The first-order chi connectivity index (χ1) is 16.4. The maximum Gasteiger partial charge on any atom is 0.342 e. The minimum absolute atomic E-state index is 0.152. The third kappa shape index (κ3) is 5.15. The van der Waals surface area contributed by atoms with E-state index in [2.05, 4.69) is 5.10 Å². The summed E-state index contributed by atoms with van der Waals surface area (Å²) >= 11 is 0. The number of likely N-dealkylation sites (N-methyl/N-ethyl adjacent to an activating group) is 1. The number of benzene rings is 2. The molecule has 0 atom stereocenters. The maximum absolute atomic E-state index is 13.4. The number of carbonyl (C=O) groups excluding carboxylic acids is 2. The number of esters is 1. The van der Waals surface area contributed by atoms with Crippen LogP contribution in [0.15, 0.2) is 77.5 Å². The van der Waals surface area contributed by atoms with Crippen LogP contribution in [0.3, 0.4) is 0 Å². The fourth-order valence-corrected chi connectivity index (χ4v) is 3.27. The van der Waals surface area contributed by atoms with Crippen molar-refractivity contribution >= 4 is 11.9 Å². The van der Waals surface area contributed by atoms with E-state index in [1.54, 1.807) is 55.6 Å². The fourth-order valence-electron chi connectivity index (χ4n) is 3.27. The number of hydrogen-bond donors (Lipinski definition) is 0. The van der Waals surface area contributed by atoms with Gasteiger partial charge in [-0.15, -0.1) is 0 Å². The van der Waals surface area contributed by atoms with Crippen molar-refractivity contribution in [3.8, 4) is 22.7 Å². The smallest absolute Gasteiger partial charge is 0.342 e. The number of ether oxygens (including phenoxy) is 2. The molecule has 0 fully saturated rings. The van der Waals surface area contributed by atoms with Gasteiger partial charge < -0.3 is 18.8 Å². The second-order valence-electron chi connectivity index (χ2n) is 7.45. The van der Waals surface area contributed by atoms with Crippen LogP contribution in [0.1, 0.15) is 16.1 Å². The van der Waals surface area contributed by atoms with Crippen LogP contribution in [0.25, 0.3) is 16.9 Å². The van der Waals surface area contributed by atoms with E-state index >= 15 is 0 Å². The lowest BCUT2D eigenvalue weighted by Crippen LogP contribution is -2.30. The lowest BCUT2D eigenvalue weighted by atomic mass is 10.1. The Labute approximate surface area is 195 Å². The third-order valence-corrected chi connectivity index (χ3v) is 5.09. The normalized spacial score (nSPS) is 10.7. The van der Waals surface area contributed by atoms with Crippen molar-refractivity contribution in [3.63, 3.8) is 0 Å². The van der Waals surface area contributed by atoms with Gasteiger partial charge in [0.05, 0.1) is 25.6 Å². The van der Waals surface area contributed by atoms with Crippen LogP contribution in [0.2, 0.25) is 0 Å². The Kier molecular flexibility index (Phi) is 6.72. The number of methoxy groups -OCH3 is 1. The largest absolute Gasteiger partial charge is 0.497 e. The highest BCUT2D eigenvalue weighted by molar-refractivity contribution is 5.97. The molecule has 4 aromatic rings. The molecule has 0 saturated heterocycles. The molecule has 0 radical (unpaired) electrons. The summed E-state index contributed by atoms with van der Waals surface area (Å²) in [5.74, 6) is -0.295. The molecule has 0 saturated carbocycles. The van der Waals surface area contributed by atoms with E-state index in [0.29, 0.717) is 28.5 Å². The minimum atomic E-state index is -0.717. The Morgan fingerprint density at radius 1 is 1.12 bits per heavy atom. The van der Waals surface area contributed by atoms with Gasteiger partial charge in [-0.1, -0.05) is 12.1 Å². The van der Waals surface area contributed by atoms with Crippen LogP contribution in [0.5, 0.6) is 5.75 Å². The van der Waals surface area contributed by atoms with Gasteiger partial charge in [0.25, 0.3) is 5.91 Å². The van der Waals surface area contributed by atoms with Gasteiger partial charge in [0.1, 0.15) is 28.6 Å². The predicted octanol–water partition coefficient (Wildman–Crippen LogP) is 4.10. The number of furan rings is 1. The molecule has 4 rings (SSSR count). The maximum atomic E-state index is 13.4. The molecule has 2 heterocycles. The number of nitrogens with zero attached hydrogens (tertiary/aromatic N) is 3. The molecule has 0 aliphatic carbocycles. The van der Waals surface area contributed by atoms with E-state index in [1.807, 2.05) is 0 Å². The van der Waals surface area contributed by atoms with Gasteiger partial charge in [-0.05, 0) is 48.5 Å². The van der Waals surface area contributed by atoms with Crippen molar-refractivity contribution in [1.29, 1.82) is 0 Å². The SMILES string of the molecule is COc1cccc(-c2nn(-c3ccc(F)cc3)cc2C(=O)OCC(=O)N(C)Cc2ccco2)c1.